The third-order valence-electron chi connectivity index (χ3n) is 9.15. The Morgan fingerprint density at radius 3 is 1.86 bits per heavy atom. The van der Waals surface area contributed by atoms with Crippen molar-refractivity contribution in [1.82, 2.24) is 26.2 Å². The molecule has 10 N–H and O–H groups in total. The third kappa shape index (κ3) is 14.7. The number of nitrogens with one attached hydrogen (secondary N) is 4. The molecule has 2 aromatic carbocycles. The minimum Gasteiger partial charge on any atom is -0.395 e. The summed E-state index contributed by atoms with van der Waals surface area (Å²) in [4.78, 5) is 56.6. The van der Waals surface area contributed by atoms with Gasteiger partial charge in [0.05, 0.1) is 25.3 Å². The number of carbonyl (C=O) groups is 4. The lowest BCUT2D eigenvalue weighted by Crippen LogP contribution is -2.59. The number of aliphatic hydroxyl groups is 2. The summed E-state index contributed by atoms with van der Waals surface area (Å²) in [6.07, 6.45) is 3.76. The quantitative estimate of drug-likeness (QED) is 0.0840. The number of hydrogen-bond acceptors (Lipinski definition) is 9. The van der Waals surface area contributed by atoms with Crippen molar-refractivity contribution in [3.63, 3.8) is 0 Å². The van der Waals surface area contributed by atoms with E-state index in [2.05, 4.69) is 21.3 Å². The van der Waals surface area contributed by atoms with E-state index in [0.717, 1.165) is 11.1 Å². The van der Waals surface area contributed by atoms with Crippen molar-refractivity contribution in [2.45, 2.75) is 101 Å². The topological polar surface area (TPSA) is 212 Å². The fourth-order valence-corrected chi connectivity index (χ4v) is 6.11. The Kier molecular flexibility index (Phi) is 18.0. The minimum absolute atomic E-state index is 0.0253. The highest BCUT2D eigenvalue weighted by atomic mass is 16.3. The Balaban J connectivity index is 1.75. The van der Waals surface area contributed by atoms with Crippen LogP contribution in [0.15, 0.2) is 60.7 Å². The average molecular weight is 710 g/mol. The summed E-state index contributed by atoms with van der Waals surface area (Å²) < 4.78 is 0. The molecule has 0 aliphatic carbocycles. The molecule has 0 spiro atoms. The average Bonchev–Trinajstić information content (AvgIpc) is 3.12. The van der Waals surface area contributed by atoms with Gasteiger partial charge in [-0.3, -0.25) is 19.2 Å². The number of unbranched alkanes of at least 4 members (excludes halogenated alkanes) is 1. The third-order valence-corrected chi connectivity index (χ3v) is 9.15. The van der Waals surface area contributed by atoms with Crippen molar-refractivity contribution >= 4 is 23.6 Å². The molecule has 1 aliphatic rings. The van der Waals surface area contributed by atoms with Crippen LogP contribution in [-0.2, 0) is 32.0 Å². The van der Waals surface area contributed by atoms with Crippen molar-refractivity contribution in [1.29, 1.82) is 0 Å². The van der Waals surface area contributed by atoms with E-state index in [1.807, 2.05) is 74.5 Å². The first-order valence-corrected chi connectivity index (χ1v) is 18.2. The summed E-state index contributed by atoms with van der Waals surface area (Å²) in [5.74, 6) is -1.65. The molecule has 51 heavy (non-hydrogen) atoms. The van der Waals surface area contributed by atoms with Gasteiger partial charge in [-0.05, 0) is 68.5 Å². The van der Waals surface area contributed by atoms with E-state index in [0.29, 0.717) is 64.6 Å². The second-order valence-corrected chi connectivity index (χ2v) is 14.0. The maximum Gasteiger partial charge on any atom is 0.245 e. The molecule has 3 rings (SSSR count). The molecule has 0 radical (unpaired) electrons. The molecule has 0 saturated carbocycles. The number of nitrogens with two attached hydrogens (primary N) is 2. The molecule has 0 bridgehead atoms. The van der Waals surface area contributed by atoms with Crippen LogP contribution >= 0.6 is 0 Å². The van der Waals surface area contributed by atoms with Gasteiger partial charge in [-0.15, -0.1) is 0 Å². The van der Waals surface area contributed by atoms with Gasteiger partial charge in [0.1, 0.15) is 18.1 Å². The van der Waals surface area contributed by atoms with Gasteiger partial charge in [0, 0.05) is 25.6 Å². The predicted octanol–water partition coefficient (Wildman–Crippen LogP) is 0.362. The molecular formula is C38H59N7O6. The number of carbonyl (C=O) groups excluding carboxylic acids is 4. The number of rotatable bonds is 21. The van der Waals surface area contributed by atoms with Crippen LogP contribution < -0.4 is 32.7 Å². The van der Waals surface area contributed by atoms with Gasteiger partial charge in [0.15, 0.2) is 0 Å². The van der Waals surface area contributed by atoms with Gasteiger partial charge in [0.2, 0.25) is 23.6 Å². The molecule has 282 valence electrons. The molecule has 4 amide bonds. The fraction of sp³-hybridized carbons (Fsp3) is 0.579. The number of hydrogen-bond donors (Lipinski definition) is 8. The summed E-state index contributed by atoms with van der Waals surface area (Å²) in [7, 11) is 0. The lowest BCUT2D eigenvalue weighted by molar-refractivity contribution is -0.138. The van der Waals surface area contributed by atoms with Gasteiger partial charge in [-0.25, -0.2) is 0 Å². The van der Waals surface area contributed by atoms with Gasteiger partial charge >= 0.3 is 0 Å². The standard InChI is InChI=1S/C38H59N7O6/c1-26(2)21-33(36(49)42-32(15-9-10-18-41-30(24-46)25-47)38(51)45-19-16-29(39)17-20-45)44-37(50)34(23-28-13-7-4-8-14-28)43-35(48)31(40)22-27-11-5-3-6-12-27/h3-8,11-14,26,29-34,41,46-47H,9-10,15-25,39-40H2,1-2H3,(H,42,49)(H,43,48)(H,44,50)/t31-,32-,33-,34-/m1/s1. The van der Waals surface area contributed by atoms with E-state index in [1.165, 1.54) is 0 Å². The summed E-state index contributed by atoms with van der Waals surface area (Å²) >= 11 is 0. The van der Waals surface area contributed by atoms with E-state index in [9.17, 15) is 29.4 Å². The minimum atomic E-state index is -1.01. The molecule has 1 heterocycles. The van der Waals surface area contributed by atoms with Crippen LogP contribution in [0.3, 0.4) is 0 Å². The first-order valence-electron chi connectivity index (χ1n) is 18.2. The summed E-state index contributed by atoms with van der Waals surface area (Å²) in [6, 6.07) is 14.6. The Bertz CT molecular complexity index is 1340. The highest BCUT2D eigenvalue weighted by Crippen LogP contribution is 2.14. The van der Waals surface area contributed by atoms with Gasteiger partial charge in [-0.2, -0.15) is 0 Å². The summed E-state index contributed by atoms with van der Waals surface area (Å²) in [5, 5.41) is 30.4. The molecule has 0 aromatic heterocycles. The normalized spacial score (nSPS) is 16.0. The van der Waals surface area contributed by atoms with Crippen molar-refractivity contribution in [2.75, 3.05) is 32.8 Å². The SMILES string of the molecule is CC(C)C[C@@H](NC(=O)[C@@H](Cc1ccccc1)NC(=O)[C@H](N)Cc1ccccc1)C(=O)N[C@H](CCCCNC(CO)CO)C(=O)N1CCC(N)CC1. The molecule has 1 aliphatic heterocycles. The first-order chi connectivity index (χ1) is 24.5. The van der Waals surface area contributed by atoms with Crippen LogP contribution in [0.4, 0.5) is 0 Å². The summed E-state index contributed by atoms with van der Waals surface area (Å²) in [5.41, 5.74) is 14.1. The highest BCUT2D eigenvalue weighted by Gasteiger charge is 2.33. The molecule has 0 unspecified atom stereocenters. The van der Waals surface area contributed by atoms with Crippen molar-refractivity contribution in [3.05, 3.63) is 71.8 Å². The lowest BCUT2D eigenvalue weighted by Gasteiger charge is -2.34. The molecule has 4 atom stereocenters. The van der Waals surface area contributed by atoms with Crippen LogP contribution in [-0.4, -0.2) is 108 Å². The fourth-order valence-electron chi connectivity index (χ4n) is 6.11. The highest BCUT2D eigenvalue weighted by molar-refractivity contribution is 5.95. The number of amides is 4. The predicted molar refractivity (Wildman–Crippen MR) is 197 cm³/mol. The summed E-state index contributed by atoms with van der Waals surface area (Å²) in [6.45, 7) is 5.03. The van der Waals surface area contributed by atoms with Crippen LogP contribution in [0.1, 0.15) is 63.5 Å². The smallest absolute Gasteiger partial charge is 0.245 e. The van der Waals surface area contributed by atoms with Crippen molar-refractivity contribution < 1.29 is 29.4 Å². The second-order valence-electron chi connectivity index (χ2n) is 14.0. The number of piperidine rings is 1. The maximum absolute atomic E-state index is 13.9. The van der Waals surface area contributed by atoms with E-state index < -0.39 is 47.9 Å². The van der Waals surface area contributed by atoms with Gasteiger partial charge < -0.3 is 47.8 Å². The monoisotopic (exact) mass is 709 g/mol. The first kappa shape index (κ1) is 41.5. The Morgan fingerprint density at radius 1 is 0.765 bits per heavy atom. The van der Waals surface area contributed by atoms with E-state index in [1.54, 1.807) is 4.90 Å². The van der Waals surface area contributed by atoms with E-state index in [4.69, 9.17) is 11.5 Å². The van der Waals surface area contributed by atoms with Crippen LogP contribution in [0.5, 0.6) is 0 Å². The van der Waals surface area contributed by atoms with E-state index >= 15 is 0 Å². The molecule has 13 heteroatoms. The maximum atomic E-state index is 13.9. The zero-order valence-corrected chi connectivity index (χ0v) is 30.1. The molecular weight excluding hydrogens is 650 g/mol. The Labute approximate surface area is 302 Å². The molecule has 1 fully saturated rings. The van der Waals surface area contributed by atoms with Crippen LogP contribution in [0, 0.1) is 5.92 Å². The Morgan fingerprint density at radius 2 is 1.29 bits per heavy atom. The van der Waals surface area contributed by atoms with Gasteiger partial charge in [-0.1, -0.05) is 74.5 Å². The molecule has 2 aromatic rings. The number of benzene rings is 2. The zero-order valence-electron chi connectivity index (χ0n) is 30.1. The second kappa shape index (κ2) is 22.1. The molecule has 13 nitrogen and oxygen atoms in total. The van der Waals surface area contributed by atoms with Gasteiger partial charge in [0.25, 0.3) is 0 Å². The van der Waals surface area contributed by atoms with E-state index in [-0.39, 0.29) is 37.5 Å². The van der Waals surface area contributed by atoms with Crippen molar-refractivity contribution in [2.24, 2.45) is 17.4 Å². The lowest BCUT2D eigenvalue weighted by atomic mass is 9.99. The largest absolute Gasteiger partial charge is 0.395 e. The number of likely N-dealkylation sites (tertiary alicyclic amines) is 1. The molecule has 1 saturated heterocycles. The zero-order chi connectivity index (χ0) is 37.2. The van der Waals surface area contributed by atoms with Crippen LogP contribution in [0.2, 0.25) is 0 Å². The van der Waals surface area contributed by atoms with Crippen LogP contribution in [0.25, 0.3) is 0 Å². The number of aliphatic hydroxyl groups excluding tert-OH is 2. The number of nitrogens with zero attached hydrogens (tertiary/aromatic N) is 1. The Hall–Kier alpha value is -3.88. The van der Waals surface area contributed by atoms with Crippen molar-refractivity contribution in [3.8, 4) is 0 Å².